The lowest BCUT2D eigenvalue weighted by molar-refractivity contribution is -0.109. The Morgan fingerprint density at radius 3 is 2.33 bits per heavy atom. The van der Waals surface area contributed by atoms with Gasteiger partial charge in [0.15, 0.2) is 8.32 Å². The second-order valence-electron chi connectivity index (χ2n) is 5.31. The SMILES string of the molecule is C#CC[C@@H](CC=O)O[Si](C)(C)C(C)(C)C. The standard InChI is InChI=1S/C12H22O2Si/c1-7-8-11(9-10-13)14-15(5,6)12(2,3)4/h1,10-11H,8-9H2,2-6H3/t11-/m0/s1. The van der Waals surface area contributed by atoms with E-state index >= 15 is 0 Å². The highest BCUT2D eigenvalue weighted by Gasteiger charge is 2.38. The Morgan fingerprint density at radius 2 is 2.00 bits per heavy atom. The predicted octanol–water partition coefficient (Wildman–Crippen LogP) is 2.99. The van der Waals surface area contributed by atoms with Crippen LogP contribution in [0.5, 0.6) is 0 Å². The zero-order valence-electron chi connectivity index (χ0n) is 10.5. The molecule has 0 heterocycles. The van der Waals surface area contributed by atoms with Gasteiger partial charge < -0.3 is 9.22 Å². The lowest BCUT2D eigenvalue weighted by Crippen LogP contribution is -2.44. The molecule has 0 aliphatic heterocycles. The maximum absolute atomic E-state index is 10.5. The molecule has 0 bridgehead atoms. The molecule has 0 rings (SSSR count). The molecule has 0 fully saturated rings. The molecule has 15 heavy (non-hydrogen) atoms. The molecular formula is C12H22O2Si. The van der Waals surface area contributed by atoms with Gasteiger partial charge in [-0.05, 0) is 18.1 Å². The van der Waals surface area contributed by atoms with Crippen molar-refractivity contribution >= 4 is 14.6 Å². The van der Waals surface area contributed by atoms with Crippen molar-refractivity contribution in [3.63, 3.8) is 0 Å². The molecule has 0 radical (unpaired) electrons. The fourth-order valence-electron chi connectivity index (χ4n) is 1.01. The molecule has 1 atom stereocenters. The van der Waals surface area contributed by atoms with Gasteiger partial charge in [0.2, 0.25) is 0 Å². The van der Waals surface area contributed by atoms with E-state index in [2.05, 4.69) is 39.8 Å². The lowest BCUT2D eigenvalue weighted by atomic mass is 10.2. The van der Waals surface area contributed by atoms with Crippen LogP contribution in [0.4, 0.5) is 0 Å². The van der Waals surface area contributed by atoms with Crippen LogP contribution in [0.15, 0.2) is 0 Å². The Labute approximate surface area is 94.5 Å². The minimum atomic E-state index is -1.80. The molecule has 0 N–H and O–H groups in total. The second kappa shape index (κ2) is 5.48. The fourth-order valence-corrected chi connectivity index (χ4v) is 2.37. The molecule has 0 aliphatic rings. The largest absolute Gasteiger partial charge is 0.413 e. The number of carbonyl (C=O) groups excluding carboxylic acids is 1. The summed E-state index contributed by atoms with van der Waals surface area (Å²) < 4.78 is 6.05. The third kappa shape index (κ3) is 4.63. The number of terminal acetylenes is 1. The summed E-state index contributed by atoms with van der Waals surface area (Å²) in [4.78, 5) is 10.5. The maximum atomic E-state index is 10.5. The van der Waals surface area contributed by atoms with E-state index < -0.39 is 8.32 Å². The first-order chi connectivity index (χ1) is 6.74. The highest BCUT2D eigenvalue weighted by atomic mass is 28.4. The van der Waals surface area contributed by atoms with Crippen LogP contribution in [0.1, 0.15) is 33.6 Å². The van der Waals surface area contributed by atoms with Crippen LogP contribution in [-0.2, 0) is 9.22 Å². The van der Waals surface area contributed by atoms with Crippen molar-refractivity contribution in [3.8, 4) is 12.3 Å². The van der Waals surface area contributed by atoms with Gasteiger partial charge in [0, 0.05) is 12.8 Å². The van der Waals surface area contributed by atoms with Crippen molar-refractivity contribution in [1.82, 2.24) is 0 Å². The summed E-state index contributed by atoms with van der Waals surface area (Å²) in [7, 11) is -1.80. The van der Waals surface area contributed by atoms with E-state index in [1.807, 2.05) is 0 Å². The first-order valence-electron chi connectivity index (χ1n) is 5.29. The van der Waals surface area contributed by atoms with Crippen LogP contribution in [0.3, 0.4) is 0 Å². The van der Waals surface area contributed by atoms with Crippen LogP contribution >= 0.6 is 0 Å². The minimum absolute atomic E-state index is 0.103. The molecule has 86 valence electrons. The number of rotatable bonds is 5. The third-order valence-electron chi connectivity index (χ3n) is 2.97. The Kier molecular flexibility index (Phi) is 5.26. The smallest absolute Gasteiger partial charge is 0.192 e. The van der Waals surface area contributed by atoms with Crippen LogP contribution in [-0.4, -0.2) is 20.7 Å². The Morgan fingerprint density at radius 1 is 1.47 bits per heavy atom. The average molecular weight is 226 g/mol. The zero-order valence-corrected chi connectivity index (χ0v) is 11.5. The summed E-state index contributed by atoms with van der Waals surface area (Å²) in [5.74, 6) is 2.56. The van der Waals surface area contributed by atoms with E-state index in [-0.39, 0.29) is 11.1 Å². The molecule has 0 aromatic rings. The molecule has 0 unspecified atom stereocenters. The first kappa shape index (κ1) is 14.4. The van der Waals surface area contributed by atoms with Gasteiger partial charge in [0.05, 0.1) is 6.10 Å². The Hall–Kier alpha value is -0.593. The normalized spacial score (nSPS) is 14.4. The van der Waals surface area contributed by atoms with E-state index in [1.54, 1.807) is 0 Å². The monoisotopic (exact) mass is 226 g/mol. The van der Waals surface area contributed by atoms with E-state index in [0.29, 0.717) is 12.8 Å². The molecule has 0 saturated heterocycles. The summed E-state index contributed by atoms with van der Waals surface area (Å²) in [6.45, 7) is 10.9. The van der Waals surface area contributed by atoms with Gasteiger partial charge in [-0.15, -0.1) is 12.3 Å². The van der Waals surface area contributed by atoms with Gasteiger partial charge in [0.1, 0.15) is 6.29 Å². The lowest BCUT2D eigenvalue weighted by Gasteiger charge is -2.38. The number of hydrogen-bond acceptors (Lipinski definition) is 2. The zero-order chi connectivity index (χ0) is 12.1. The number of hydrogen-bond donors (Lipinski definition) is 0. The van der Waals surface area contributed by atoms with Gasteiger partial charge in [-0.2, -0.15) is 0 Å². The average Bonchev–Trinajstić information content (AvgIpc) is 2.02. The molecule has 2 nitrogen and oxygen atoms in total. The predicted molar refractivity (Wildman–Crippen MR) is 66.2 cm³/mol. The van der Waals surface area contributed by atoms with Crippen molar-refractivity contribution in [2.45, 2.75) is 57.8 Å². The van der Waals surface area contributed by atoms with E-state index in [1.165, 1.54) is 0 Å². The van der Waals surface area contributed by atoms with Crippen LogP contribution in [0.25, 0.3) is 0 Å². The summed E-state index contributed by atoms with van der Waals surface area (Å²) >= 11 is 0. The van der Waals surface area contributed by atoms with Crippen LogP contribution in [0.2, 0.25) is 18.1 Å². The highest BCUT2D eigenvalue weighted by molar-refractivity contribution is 6.74. The molecule has 0 amide bonds. The van der Waals surface area contributed by atoms with E-state index in [4.69, 9.17) is 10.8 Å². The van der Waals surface area contributed by atoms with Gasteiger partial charge >= 0.3 is 0 Å². The fraction of sp³-hybridized carbons (Fsp3) is 0.750. The Bertz CT molecular complexity index is 245. The van der Waals surface area contributed by atoms with Crippen LogP contribution < -0.4 is 0 Å². The van der Waals surface area contributed by atoms with Crippen molar-refractivity contribution < 1.29 is 9.22 Å². The molecular weight excluding hydrogens is 204 g/mol. The third-order valence-corrected chi connectivity index (χ3v) is 7.51. The molecule has 0 aromatic heterocycles. The van der Waals surface area contributed by atoms with Crippen molar-refractivity contribution in [2.24, 2.45) is 0 Å². The van der Waals surface area contributed by atoms with E-state index in [9.17, 15) is 4.79 Å². The summed E-state index contributed by atoms with van der Waals surface area (Å²) in [5, 5.41) is 0.155. The van der Waals surface area contributed by atoms with Gasteiger partial charge in [-0.25, -0.2) is 0 Å². The van der Waals surface area contributed by atoms with Crippen molar-refractivity contribution in [1.29, 1.82) is 0 Å². The molecule has 0 saturated carbocycles. The molecule has 0 aliphatic carbocycles. The summed E-state index contributed by atoms with van der Waals surface area (Å²) in [5.41, 5.74) is 0. The molecule has 0 spiro atoms. The number of aldehydes is 1. The number of carbonyl (C=O) groups is 1. The van der Waals surface area contributed by atoms with Gasteiger partial charge in [-0.3, -0.25) is 0 Å². The first-order valence-corrected chi connectivity index (χ1v) is 8.20. The molecule has 3 heteroatoms. The maximum Gasteiger partial charge on any atom is 0.192 e. The summed E-state index contributed by atoms with van der Waals surface area (Å²) in [6.07, 6.45) is 6.96. The van der Waals surface area contributed by atoms with Crippen LogP contribution in [0, 0.1) is 12.3 Å². The minimum Gasteiger partial charge on any atom is -0.413 e. The summed E-state index contributed by atoms with van der Waals surface area (Å²) in [6, 6.07) is 0. The topological polar surface area (TPSA) is 26.3 Å². The Balaban J connectivity index is 4.52. The molecule has 0 aromatic carbocycles. The second-order valence-corrected chi connectivity index (χ2v) is 10.1. The highest BCUT2D eigenvalue weighted by Crippen LogP contribution is 2.37. The van der Waals surface area contributed by atoms with Crippen molar-refractivity contribution in [2.75, 3.05) is 0 Å². The quantitative estimate of drug-likeness (QED) is 0.409. The van der Waals surface area contributed by atoms with Crippen molar-refractivity contribution in [3.05, 3.63) is 0 Å². The van der Waals surface area contributed by atoms with E-state index in [0.717, 1.165) is 6.29 Å². The van der Waals surface area contributed by atoms with Gasteiger partial charge in [0.25, 0.3) is 0 Å². The van der Waals surface area contributed by atoms with Gasteiger partial charge in [-0.1, -0.05) is 20.8 Å².